The van der Waals surface area contributed by atoms with Gasteiger partial charge in [-0.1, -0.05) is 0 Å². The van der Waals surface area contributed by atoms with E-state index in [9.17, 15) is 0 Å². The van der Waals surface area contributed by atoms with Crippen LogP contribution in [0.2, 0.25) is 0 Å². The first kappa shape index (κ1) is 15.9. The largest absolute Gasteiger partial charge is 0.400 e. The van der Waals surface area contributed by atoms with Gasteiger partial charge in [0, 0.05) is 13.3 Å². The maximum Gasteiger partial charge on any atom is 0.117 e. The highest BCUT2D eigenvalue weighted by Gasteiger charge is 2.28. The van der Waals surface area contributed by atoms with Crippen LogP contribution in [0.15, 0.2) is 0 Å². The predicted octanol–water partition coefficient (Wildman–Crippen LogP) is -3.32. The first-order valence-electron chi connectivity index (χ1n) is 3.83. The SMILES string of the molecule is CO.N=CC(O)C(O)C(O)C(O)CO. The van der Waals surface area contributed by atoms with Gasteiger partial charge in [-0.15, -0.1) is 0 Å². The van der Waals surface area contributed by atoms with Gasteiger partial charge in [0.2, 0.25) is 0 Å². The Kier molecular flexibility index (Phi) is 10.2. The van der Waals surface area contributed by atoms with Gasteiger partial charge < -0.3 is 36.0 Å². The Bertz CT molecular complexity index is 144. The highest BCUT2D eigenvalue weighted by atomic mass is 16.4. The summed E-state index contributed by atoms with van der Waals surface area (Å²) >= 11 is 0. The van der Waals surface area contributed by atoms with Crippen molar-refractivity contribution in [2.24, 2.45) is 0 Å². The van der Waals surface area contributed by atoms with Gasteiger partial charge in [0.25, 0.3) is 0 Å². The number of aliphatic hydroxyl groups is 6. The summed E-state index contributed by atoms with van der Waals surface area (Å²) in [6.45, 7) is -0.719. The van der Waals surface area contributed by atoms with Crippen molar-refractivity contribution in [2.75, 3.05) is 13.7 Å². The summed E-state index contributed by atoms with van der Waals surface area (Å²) in [6.07, 6.45) is -5.86. The van der Waals surface area contributed by atoms with Gasteiger partial charge in [-0.3, -0.25) is 0 Å². The van der Waals surface area contributed by atoms with Crippen LogP contribution in [0.3, 0.4) is 0 Å². The second-order valence-corrected chi connectivity index (χ2v) is 2.39. The molecule has 0 fully saturated rings. The maximum atomic E-state index is 8.97. The number of rotatable bonds is 5. The fourth-order valence-corrected chi connectivity index (χ4v) is 0.636. The van der Waals surface area contributed by atoms with Crippen molar-refractivity contribution >= 4 is 6.21 Å². The zero-order chi connectivity index (χ0) is 11.7. The van der Waals surface area contributed by atoms with Crippen LogP contribution in [0.1, 0.15) is 0 Å². The molecule has 4 atom stereocenters. The van der Waals surface area contributed by atoms with Crippen LogP contribution in [-0.4, -0.2) is 75.0 Å². The Morgan fingerprint density at radius 1 is 1.07 bits per heavy atom. The highest BCUT2D eigenvalue weighted by molar-refractivity contribution is 5.59. The van der Waals surface area contributed by atoms with Crippen LogP contribution < -0.4 is 0 Å². The molecule has 0 rings (SSSR count). The van der Waals surface area contributed by atoms with E-state index in [0.717, 1.165) is 7.11 Å². The number of aliphatic hydroxyl groups excluding tert-OH is 6. The number of hydrogen-bond acceptors (Lipinski definition) is 7. The quantitative estimate of drug-likeness (QED) is 0.237. The van der Waals surface area contributed by atoms with Crippen molar-refractivity contribution in [3.63, 3.8) is 0 Å². The second-order valence-electron chi connectivity index (χ2n) is 2.39. The zero-order valence-electron chi connectivity index (χ0n) is 7.78. The van der Waals surface area contributed by atoms with Gasteiger partial charge in [-0.2, -0.15) is 0 Å². The van der Waals surface area contributed by atoms with Crippen molar-refractivity contribution in [2.45, 2.75) is 24.4 Å². The average molecular weight is 211 g/mol. The highest BCUT2D eigenvalue weighted by Crippen LogP contribution is 2.02. The minimum absolute atomic E-state index is 0.526. The smallest absolute Gasteiger partial charge is 0.117 e. The maximum absolute atomic E-state index is 8.97. The lowest BCUT2D eigenvalue weighted by Crippen LogP contribution is -2.46. The minimum atomic E-state index is -1.66. The van der Waals surface area contributed by atoms with Gasteiger partial charge >= 0.3 is 0 Å². The zero-order valence-corrected chi connectivity index (χ0v) is 7.78. The number of hydrogen-bond donors (Lipinski definition) is 7. The van der Waals surface area contributed by atoms with Crippen LogP contribution >= 0.6 is 0 Å². The summed E-state index contributed by atoms with van der Waals surface area (Å²) in [7, 11) is 1.00. The van der Waals surface area contributed by atoms with Crippen LogP contribution in [0.4, 0.5) is 0 Å². The molecule has 0 aromatic rings. The van der Waals surface area contributed by atoms with Crippen LogP contribution in [0.5, 0.6) is 0 Å². The van der Waals surface area contributed by atoms with Gasteiger partial charge in [0.05, 0.1) is 6.61 Å². The Balaban J connectivity index is 0. The molecule has 7 N–H and O–H groups in total. The molecule has 7 nitrogen and oxygen atoms in total. The van der Waals surface area contributed by atoms with E-state index in [-0.39, 0.29) is 0 Å². The first-order chi connectivity index (χ1) is 6.54. The Morgan fingerprint density at radius 2 is 1.50 bits per heavy atom. The molecule has 0 amide bonds. The van der Waals surface area contributed by atoms with Gasteiger partial charge in [-0.25, -0.2) is 0 Å². The first-order valence-corrected chi connectivity index (χ1v) is 3.83. The van der Waals surface area contributed by atoms with Crippen molar-refractivity contribution < 1.29 is 30.6 Å². The Morgan fingerprint density at radius 3 is 1.79 bits per heavy atom. The summed E-state index contributed by atoms with van der Waals surface area (Å²) in [5.74, 6) is 0. The van der Waals surface area contributed by atoms with E-state index in [1.165, 1.54) is 0 Å². The lowest BCUT2D eigenvalue weighted by Gasteiger charge is -2.23. The molecule has 0 aromatic heterocycles. The second kappa shape index (κ2) is 9.00. The minimum Gasteiger partial charge on any atom is -0.400 e. The molecule has 0 aliphatic heterocycles. The fourth-order valence-electron chi connectivity index (χ4n) is 0.636. The molecular weight excluding hydrogens is 194 g/mol. The summed E-state index contributed by atoms with van der Waals surface area (Å²) in [4.78, 5) is 0. The van der Waals surface area contributed by atoms with Crippen molar-refractivity contribution in [3.05, 3.63) is 0 Å². The van der Waals surface area contributed by atoms with E-state index >= 15 is 0 Å². The monoisotopic (exact) mass is 211 g/mol. The van der Waals surface area contributed by atoms with Crippen molar-refractivity contribution in [1.82, 2.24) is 0 Å². The van der Waals surface area contributed by atoms with E-state index in [0.29, 0.717) is 6.21 Å². The molecule has 0 spiro atoms. The third-order valence-electron chi connectivity index (χ3n) is 1.45. The molecule has 0 saturated carbocycles. The van der Waals surface area contributed by atoms with Crippen molar-refractivity contribution in [3.8, 4) is 0 Å². The Labute approximate surface area is 81.4 Å². The molecule has 0 heterocycles. The third kappa shape index (κ3) is 5.22. The van der Waals surface area contributed by atoms with Crippen LogP contribution in [0.25, 0.3) is 0 Å². The summed E-state index contributed by atoms with van der Waals surface area (Å²) in [5.41, 5.74) is 0. The molecule has 0 saturated heterocycles. The molecule has 0 radical (unpaired) electrons. The predicted molar refractivity (Wildman–Crippen MR) is 48.0 cm³/mol. The number of nitrogens with one attached hydrogen (secondary N) is 1. The molecule has 0 aliphatic rings. The molecule has 0 aromatic carbocycles. The molecular formula is C7H17NO6. The van der Waals surface area contributed by atoms with Crippen LogP contribution in [-0.2, 0) is 0 Å². The van der Waals surface area contributed by atoms with Gasteiger partial charge in [-0.05, 0) is 0 Å². The summed E-state index contributed by atoms with van der Waals surface area (Å²) in [5, 5.41) is 57.4. The van der Waals surface area contributed by atoms with E-state index < -0.39 is 31.0 Å². The molecule has 14 heavy (non-hydrogen) atoms. The standard InChI is InChI=1S/C6H13NO5.CH4O/c7-1-3(9)5(11)6(12)4(10)2-8;1-2/h1,3-12H,2H2;2H,1H3. The van der Waals surface area contributed by atoms with E-state index in [2.05, 4.69) is 0 Å². The summed E-state index contributed by atoms with van der Waals surface area (Å²) < 4.78 is 0. The lowest BCUT2D eigenvalue weighted by atomic mass is 10.0. The van der Waals surface area contributed by atoms with Crippen molar-refractivity contribution in [1.29, 1.82) is 5.41 Å². The van der Waals surface area contributed by atoms with Crippen LogP contribution in [0, 0.1) is 5.41 Å². The third-order valence-corrected chi connectivity index (χ3v) is 1.45. The molecule has 0 bridgehead atoms. The molecule has 7 heteroatoms. The average Bonchev–Trinajstić information content (AvgIpc) is 2.27. The normalized spacial score (nSPS) is 18.5. The molecule has 86 valence electrons. The Hall–Kier alpha value is -0.570. The lowest BCUT2D eigenvalue weighted by molar-refractivity contribution is -0.1000. The topological polar surface area (TPSA) is 145 Å². The molecule has 4 unspecified atom stereocenters. The molecule has 0 aliphatic carbocycles. The van der Waals surface area contributed by atoms with Gasteiger partial charge in [0.1, 0.15) is 24.4 Å². The summed E-state index contributed by atoms with van der Waals surface area (Å²) in [6, 6.07) is 0. The van der Waals surface area contributed by atoms with E-state index in [4.69, 9.17) is 36.0 Å². The van der Waals surface area contributed by atoms with E-state index in [1.807, 2.05) is 0 Å². The fraction of sp³-hybridized carbons (Fsp3) is 0.857. The van der Waals surface area contributed by atoms with Gasteiger partial charge in [0.15, 0.2) is 0 Å². The van der Waals surface area contributed by atoms with E-state index in [1.54, 1.807) is 0 Å².